The fourth-order valence-electron chi connectivity index (χ4n) is 11.0. The summed E-state index contributed by atoms with van der Waals surface area (Å²) in [7, 11) is -5.57. The van der Waals surface area contributed by atoms with Crippen molar-refractivity contribution < 1.29 is 35.4 Å². The van der Waals surface area contributed by atoms with Crippen molar-refractivity contribution in [1.82, 2.24) is 9.21 Å². The number of carbonyl (C=O) groups is 2. The molecule has 2 aliphatic rings. The third kappa shape index (κ3) is 16.5. The minimum Gasteiger partial charge on any atom is -0.456 e. The molecule has 1 aliphatic carbocycles. The highest BCUT2D eigenvalue weighted by atomic mass is 32.2. The largest absolute Gasteiger partial charge is 0.456 e. The second kappa shape index (κ2) is 27.2. The molecule has 1 aliphatic heterocycles. The first-order valence-corrected chi connectivity index (χ1v) is 32.2. The number of aryl methyl sites for hydroxylation is 4. The van der Waals surface area contributed by atoms with Gasteiger partial charge in [-0.25, -0.2) is 17.7 Å². The SMILES string of the molecule is CCCCCCCN(C)Cc1cc2c(-c3ccccc3S(=O)(=O)O)c3cc(S(=O)(=O)N(C)CCCCCCC)/c(=N/c4c(C)cc(C)c(NC(=O)CC(C)(C)C)c4C)cc-3oc2cc1Nc1c(C)cc(C)c(NC(=O)CC(C)(C)C)c1C. The molecule has 82 heavy (non-hydrogen) atoms. The summed E-state index contributed by atoms with van der Waals surface area (Å²) in [6.07, 6.45) is 10.7. The number of carbonyl (C=O) groups excluding carboxylic acids is 2. The molecule has 0 fully saturated rings. The minimum atomic E-state index is -4.86. The maximum absolute atomic E-state index is 15.4. The molecule has 0 radical (unpaired) electrons. The Morgan fingerprint density at radius 2 is 1.16 bits per heavy atom. The number of nitrogens with zero attached hydrogens (tertiary/aromatic N) is 3. The molecule has 4 N–H and O–H groups in total. The quantitative estimate of drug-likeness (QED) is 0.0244. The third-order valence-corrected chi connectivity index (χ3v) is 17.9. The summed E-state index contributed by atoms with van der Waals surface area (Å²) in [5.41, 5.74) is 9.63. The normalized spacial score (nSPS) is 12.8. The number of amides is 2. The molecule has 16 heteroatoms. The Balaban J connectivity index is 1.74. The summed E-state index contributed by atoms with van der Waals surface area (Å²) in [4.78, 5) is 33.9. The van der Waals surface area contributed by atoms with Gasteiger partial charge in [-0.1, -0.05) is 137 Å². The van der Waals surface area contributed by atoms with Crippen molar-refractivity contribution in [2.75, 3.05) is 43.1 Å². The molecule has 4 aromatic carbocycles. The molecule has 0 atom stereocenters. The number of anilines is 4. The van der Waals surface area contributed by atoms with E-state index in [1.807, 2.05) is 107 Å². The van der Waals surface area contributed by atoms with Crippen molar-refractivity contribution in [2.45, 2.75) is 190 Å². The Labute approximate surface area is 490 Å². The molecule has 6 rings (SSSR count). The molecule has 2 amide bonds. The van der Waals surface area contributed by atoms with Gasteiger partial charge in [0.1, 0.15) is 21.1 Å². The van der Waals surface area contributed by atoms with Gasteiger partial charge >= 0.3 is 0 Å². The van der Waals surface area contributed by atoms with Crippen molar-refractivity contribution in [3.05, 3.63) is 105 Å². The van der Waals surface area contributed by atoms with Crippen LogP contribution in [0.1, 0.15) is 171 Å². The zero-order valence-corrected chi connectivity index (χ0v) is 53.5. The predicted molar refractivity (Wildman–Crippen MR) is 337 cm³/mol. The lowest BCUT2D eigenvalue weighted by atomic mass is 9.91. The van der Waals surface area contributed by atoms with Crippen LogP contribution in [0, 0.1) is 52.4 Å². The van der Waals surface area contributed by atoms with Crippen molar-refractivity contribution in [3.8, 4) is 22.5 Å². The Morgan fingerprint density at radius 1 is 0.622 bits per heavy atom. The van der Waals surface area contributed by atoms with Gasteiger partial charge < -0.3 is 25.3 Å². The topological polar surface area (TPSA) is 191 Å². The van der Waals surface area contributed by atoms with Crippen LogP contribution in [0.25, 0.3) is 33.4 Å². The zero-order valence-electron chi connectivity index (χ0n) is 51.8. The van der Waals surface area contributed by atoms with E-state index in [-0.39, 0.29) is 67.6 Å². The number of hydrogen-bond donors (Lipinski definition) is 4. The van der Waals surface area contributed by atoms with Crippen molar-refractivity contribution >= 4 is 71.4 Å². The number of hydrogen-bond acceptors (Lipinski definition) is 10. The van der Waals surface area contributed by atoms with Crippen LogP contribution < -0.4 is 21.3 Å². The van der Waals surface area contributed by atoms with Crippen molar-refractivity contribution in [2.24, 2.45) is 15.8 Å². The first-order valence-electron chi connectivity index (χ1n) is 29.3. The van der Waals surface area contributed by atoms with Crippen LogP contribution in [0.3, 0.4) is 0 Å². The van der Waals surface area contributed by atoms with Gasteiger partial charge in [0.15, 0.2) is 0 Å². The Morgan fingerprint density at radius 3 is 1.73 bits per heavy atom. The Kier molecular flexibility index (Phi) is 21.6. The van der Waals surface area contributed by atoms with Crippen LogP contribution in [0.2, 0.25) is 0 Å². The molecule has 446 valence electrons. The molecule has 1 heterocycles. The second-order valence-corrected chi connectivity index (χ2v) is 28.6. The fourth-order valence-corrected chi connectivity index (χ4v) is 13.0. The van der Waals surface area contributed by atoms with E-state index in [4.69, 9.17) is 9.41 Å². The zero-order chi connectivity index (χ0) is 60.6. The third-order valence-electron chi connectivity index (χ3n) is 15.1. The maximum atomic E-state index is 15.4. The molecule has 0 bridgehead atoms. The minimum absolute atomic E-state index is 0.0759. The molecule has 0 aromatic heterocycles. The average Bonchev–Trinajstić information content (AvgIpc) is 2.76. The number of rotatable bonds is 25. The van der Waals surface area contributed by atoms with Gasteiger partial charge in [-0.05, 0) is 136 Å². The molecular weight excluding hydrogens is 1070 g/mol. The number of benzene rings is 5. The van der Waals surface area contributed by atoms with Crippen LogP contribution in [-0.2, 0) is 36.3 Å². The van der Waals surface area contributed by atoms with Gasteiger partial charge in [-0.3, -0.25) is 14.1 Å². The van der Waals surface area contributed by atoms with Crippen LogP contribution in [-0.4, -0.2) is 69.6 Å². The van der Waals surface area contributed by atoms with Gasteiger partial charge in [-0.2, -0.15) is 8.42 Å². The Hall–Kier alpha value is -5.91. The van der Waals surface area contributed by atoms with Gasteiger partial charge in [-0.15, -0.1) is 0 Å². The van der Waals surface area contributed by atoms with Crippen molar-refractivity contribution in [3.63, 3.8) is 0 Å². The van der Waals surface area contributed by atoms with E-state index in [0.29, 0.717) is 58.5 Å². The smallest absolute Gasteiger partial charge is 0.295 e. The molecule has 0 unspecified atom stereocenters. The lowest BCUT2D eigenvalue weighted by Gasteiger charge is -2.25. The van der Waals surface area contributed by atoms with E-state index in [2.05, 4.69) is 41.7 Å². The van der Waals surface area contributed by atoms with Gasteiger partial charge in [0.25, 0.3) is 10.1 Å². The summed E-state index contributed by atoms with van der Waals surface area (Å²) in [5.74, 6) is -0.0485. The number of sulfonamides is 1. The summed E-state index contributed by atoms with van der Waals surface area (Å²) < 4.78 is 77.1. The highest BCUT2D eigenvalue weighted by Crippen LogP contribution is 2.46. The Bertz CT molecular complexity index is 3570. The lowest BCUT2D eigenvalue weighted by Crippen LogP contribution is -2.32. The van der Waals surface area contributed by atoms with E-state index in [1.165, 1.54) is 28.9 Å². The standard InChI is InChI=1S/C66H92N6O8S2/c1-17-19-21-23-27-31-71(15)41-48-35-50-54(37-52(48)67-61-42(3)33-44(5)63(46(61)7)69-58(73)39-65(9,10)11)80-55-38-53(68-62-43(4)34-45(6)64(47(62)8)70-59(74)40-66(12,13)14)57(81(75,76)72(16)32-28-24-22-20-18-2)36-51(55)60(50)49-29-25-26-30-56(49)82(77,78)79/h25-26,29-30,33-38,67H,17-24,27-28,31-32,39-41H2,1-16H3,(H,69,73)(H,70,74)(H,77,78,79)/b68-53+. The highest BCUT2D eigenvalue weighted by molar-refractivity contribution is 7.89. The van der Waals surface area contributed by atoms with Gasteiger partial charge in [0.05, 0.1) is 11.0 Å². The number of unbranched alkanes of at least 4 members (excludes halogenated alkanes) is 8. The molecule has 14 nitrogen and oxygen atoms in total. The van der Waals surface area contributed by atoms with E-state index in [9.17, 15) is 22.6 Å². The lowest BCUT2D eigenvalue weighted by molar-refractivity contribution is -0.118. The van der Waals surface area contributed by atoms with Crippen LogP contribution in [0.4, 0.5) is 28.4 Å². The van der Waals surface area contributed by atoms with E-state index in [1.54, 1.807) is 25.2 Å². The maximum Gasteiger partial charge on any atom is 0.295 e. The van der Waals surface area contributed by atoms with Gasteiger partial charge in [0, 0.05) is 89.9 Å². The molecule has 0 saturated heterocycles. The number of nitrogens with one attached hydrogen (secondary N) is 3. The first-order chi connectivity index (χ1) is 38.3. The summed E-state index contributed by atoms with van der Waals surface area (Å²) in [5, 5.41) is 10.7. The summed E-state index contributed by atoms with van der Waals surface area (Å²) in [6.45, 7) is 29.6. The first kappa shape index (κ1) is 65.2. The fraction of sp³-hybridized carbons (Fsp3) is 0.500. The second-order valence-electron chi connectivity index (χ2n) is 25.2. The van der Waals surface area contributed by atoms with Crippen LogP contribution in [0.15, 0.2) is 79.9 Å². The van der Waals surface area contributed by atoms with Gasteiger partial charge in [0.2, 0.25) is 21.8 Å². The molecule has 0 spiro atoms. The van der Waals surface area contributed by atoms with Crippen LogP contribution in [0.5, 0.6) is 0 Å². The van der Waals surface area contributed by atoms with Crippen LogP contribution >= 0.6 is 0 Å². The van der Waals surface area contributed by atoms with E-state index < -0.39 is 20.1 Å². The average molecular weight is 1160 g/mol. The van der Waals surface area contributed by atoms with E-state index >= 15 is 8.42 Å². The summed E-state index contributed by atoms with van der Waals surface area (Å²) in [6, 6.07) is 17.1. The van der Waals surface area contributed by atoms with Crippen molar-refractivity contribution in [1.29, 1.82) is 0 Å². The number of fused-ring (bicyclic) bond motifs is 2. The monoisotopic (exact) mass is 1160 g/mol. The highest BCUT2D eigenvalue weighted by Gasteiger charge is 2.31. The molecule has 0 saturated carbocycles. The van der Waals surface area contributed by atoms with E-state index in [0.717, 1.165) is 103 Å². The summed E-state index contributed by atoms with van der Waals surface area (Å²) >= 11 is 0. The molecular formula is C66H92N6O8S2. The molecule has 4 aromatic rings. The predicted octanol–water partition coefficient (Wildman–Crippen LogP) is 16.0.